The highest BCUT2D eigenvalue weighted by molar-refractivity contribution is 5.77. The summed E-state index contributed by atoms with van der Waals surface area (Å²) < 4.78 is 11.0. The van der Waals surface area contributed by atoms with Crippen LogP contribution in [0.5, 0.6) is 5.75 Å². The lowest BCUT2D eigenvalue weighted by molar-refractivity contribution is -0.124. The van der Waals surface area contributed by atoms with Crippen LogP contribution in [0, 0.1) is 0 Å². The van der Waals surface area contributed by atoms with Gasteiger partial charge in [-0.05, 0) is 29.8 Å². The summed E-state index contributed by atoms with van der Waals surface area (Å²) in [5, 5.41) is 2.92. The highest BCUT2D eigenvalue weighted by Crippen LogP contribution is 2.24. The monoisotopic (exact) mass is 341 g/mol. The lowest BCUT2D eigenvalue weighted by Gasteiger charge is -2.32. The molecule has 1 N–H and O–H groups in total. The van der Waals surface area contributed by atoms with Crippen molar-refractivity contribution in [2.45, 2.75) is 12.6 Å². The maximum atomic E-state index is 12.2. The standard InChI is InChI=1S/C19H23N3O3/c1-24-17-7-5-15(6-8-17)18-13-22(10-11-25-18)14-19(23)21-12-16-4-2-3-9-20-16/h2-9,18H,10-14H2,1H3,(H,21,23). The molecule has 0 aliphatic carbocycles. The fourth-order valence-corrected chi connectivity index (χ4v) is 2.82. The molecule has 2 aromatic rings. The summed E-state index contributed by atoms with van der Waals surface area (Å²) >= 11 is 0. The summed E-state index contributed by atoms with van der Waals surface area (Å²) in [5.41, 5.74) is 1.95. The predicted octanol–water partition coefficient (Wildman–Crippen LogP) is 1.78. The zero-order chi connectivity index (χ0) is 17.5. The first-order chi connectivity index (χ1) is 12.2. The number of aromatic nitrogens is 1. The molecule has 25 heavy (non-hydrogen) atoms. The Bertz CT molecular complexity index is 676. The molecule has 1 aliphatic rings. The summed E-state index contributed by atoms with van der Waals surface area (Å²) in [6.45, 7) is 2.88. The Hall–Kier alpha value is -2.44. The maximum absolute atomic E-state index is 12.2. The summed E-state index contributed by atoms with van der Waals surface area (Å²) in [6.07, 6.45) is 1.70. The Morgan fingerprint density at radius 3 is 2.88 bits per heavy atom. The van der Waals surface area contributed by atoms with Crippen LogP contribution in [0.25, 0.3) is 0 Å². The van der Waals surface area contributed by atoms with Crippen LogP contribution in [-0.4, -0.2) is 49.1 Å². The second kappa shape index (κ2) is 8.60. The summed E-state index contributed by atoms with van der Waals surface area (Å²) in [5.74, 6) is 0.825. The van der Waals surface area contributed by atoms with E-state index in [1.165, 1.54) is 0 Å². The number of pyridine rings is 1. The molecule has 2 heterocycles. The van der Waals surface area contributed by atoms with Crippen LogP contribution in [-0.2, 0) is 16.1 Å². The molecule has 1 aliphatic heterocycles. The van der Waals surface area contributed by atoms with Crippen molar-refractivity contribution in [2.24, 2.45) is 0 Å². The van der Waals surface area contributed by atoms with Gasteiger partial charge >= 0.3 is 0 Å². The molecule has 1 atom stereocenters. The van der Waals surface area contributed by atoms with Gasteiger partial charge in [0, 0.05) is 19.3 Å². The van der Waals surface area contributed by atoms with E-state index in [1.807, 2.05) is 42.5 Å². The van der Waals surface area contributed by atoms with Crippen molar-refractivity contribution in [2.75, 3.05) is 33.4 Å². The van der Waals surface area contributed by atoms with E-state index in [4.69, 9.17) is 9.47 Å². The van der Waals surface area contributed by atoms with Gasteiger partial charge in [-0.15, -0.1) is 0 Å². The molecule has 0 spiro atoms. The third kappa shape index (κ3) is 5.01. The van der Waals surface area contributed by atoms with Crippen molar-refractivity contribution in [3.63, 3.8) is 0 Å². The van der Waals surface area contributed by atoms with Gasteiger partial charge in [0.25, 0.3) is 0 Å². The Labute approximate surface area is 147 Å². The number of nitrogens with one attached hydrogen (secondary N) is 1. The van der Waals surface area contributed by atoms with Crippen LogP contribution < -0.4 is 10.1 Å². The van der Waals surface area contributed by atoms with Gasteiger partial charge in [0.2, 0.25) is 5.91 Å². The van der Waals surface area contributed by atoms with E-state index in [1.54, 1.807) is 13.3 Å². The number of hydrogen-bond acceptors (Lipinski definition) is 5. The number of ether oxygens (including phenoxy) is 2. The fourth-order valence-electron chi connectivity index (χ4n) is 2.82. The lowest BCUT2D eigenvalue weighted by atomic mass is 10.1. The molecule has 132 valence electrons. The van der Waals surface area contributed by atoms with E-state index in [9.17, 15) is 4.79 Å². The van der Waals surface area contributed by atoms with Crippen LogP contribution in [0.15, 0.2) is 48.7 Å². The molecule has 1 saturated heterocycles. The molecule has 1 amide bonds. The normalized spacial score (nSPS) is 17.9. The van der Waals surface area contributed by atoms with E-state index < -0.39 is 0 Å². The number of amides is 1. The van der Waals surface area contributed by atoms with Crippen molar-refractivity contribution >= 4 is 5.91 Å². The number of benzene rings is 1. The molecule has 1 fully saturated rings. The maximum Gasteiger partial charge on any atom is 0.234 e. The summed E-state index contributed by atoms with van der Waals surface area (Å²) in [6, 6.07) is 13.5. The third-order valence-electron chi connectivity index (χ3n) is 4.20. The minimum atomic E-state index is -0.0248. The average molecular weight is 341 g/mol. The smallest absolute Gasteiger partial charge is 0.234 e. The van der Waals surface area contributed by atoms with E-state index >= 15 is 0 Å². The van der Waals surface area contributed by atoms with Gasteiger partial charge in [-0.3, -0.25) is 14.7 Å². The van der Waals surface area contributed by atoms with Crippen molar-refractivity contribution < 1.29 is 14.3 Å². The predicted molar refractivity (Wildman–Crippen MR) is 94.2 cm³/mol. The van der Waals surface area contributed by atoms with Gasteiger partial charge in [-0.2, -0.15) is 0 Å². The quantitative estimate of drug-likeness (QED) is 0.868. The number of methoxy groups -OCH3 is 1. The average Bonchev–Trinajstić information content (AvgIpc) is 2.67. The third-order valence-corrected chi connectivity index (χ3v) is 4.20. The van der Waals surface area contributed by atoms with Crippen LogP contribution >= 0.6 is 0 Å². The zero-order valence-electron chi connectivity index (χ0n) is 14.4. The Balaban J connectivity index is 1.49. The van der Waals surface area contributed by atoms with Crippen molar-refractivity contribution in [1.29, 1.82) is 0 Å². The van der Waals surface area contributed by atoms with E-state index in [-0.39, 0.29) is 12.0 Å². The second-order valence-corrected chi connectivity index (χ2v) is 5.97. The number of carbonyl (C=O) groups excluding carboxylic acids is 1. The molecule has 0 bridgehead atoms. The zero-order valence-corrected chi connectivity index (χ0v) is 14.4. The fraction of sp³-hybridized carbons (Fsp3) is 0.368. The Morgan fingerprint density at radius 1 is 1.32 bits per heavy atom. The minimum Gasteiger partial charge on any atom is -0.497 e. The van der Waals surface area contributed by atoms with E-state index in [2.05, 4.69) is 15.2 Å². The summed E-state index contributed by atoms with van der Waals surface area (Å²) in [4.78, 5) is 18.5. The Morgan fingerprint density at radius 2 is 2.16 bits per heavy atom. The largest absolute Gasteiger partial charge is 0.497 e. The first-order valence-corrected chi connectivity index (χ1v) is 8.39. The first-order valence-electron chi connectivity index (χ1n) is 8.39. The molecule has 0 saturated carbocycles. The number of carbonyl (C=O) groups is 1. The topological polar surface area (TPSA) is 63.7 Å². The number of hydrogen-bond donors (Lipinski definition) is 1. The van der Waals surface area contributed by atoms with E-state index in [0.29, 0.717) is 26.2 Å². The number of nitrogens with zero attached hydrogens (tertiary/aromatic N) is 2. The summed E-state index contributed by atoms with van der Waals surface area (Å²) in [7, 11) is 1.65. The highest BCUT2D eigenvalue weighted by atomic mass is 16.5. The van der Waals surface area contributed by atoms with Gasteiger partial charge in [-0.1, -0.05) is 18.2 Å². The molecular formula is C19H23N3O3. The first kappa shape index (κ1) is 17.4. The molecule has 1 aromatic carbocycles. The number of morpholine rings is 1. The van der Waals surface area contributed by atoms with Gasteiger partial charge in [0.1, 0.15) is 5.75 Å². The minimum absolute atomic E-state index is 0.000957. The molecule has 6 nitrogen and oxygen atoms in total. The van der Waals surface area contributed by atoms with Gasteiger partial charge in [0.05, 0.1) is 38.6 Å². The van der Waals surface area contributed by atoms with Gasteiger partial charge in [0.15, 0.2) is 0 Å². The Kier molecular flexibility index (Phi) is 5.98. The van der Waals surface area contributed by atoms with Crippen LogP contribution in [0.4, 0.5) is 0 Å². The SMILES string of the molecule is COc1ccc(C2CN(CC(=O)NCc3ccccn3)CCO2)cc1. The van der Waals surface area contributed by atoms with Crippen molar-refractivity contribution in [1.82, 2.24) is 15.2 Å². The molecular weight excluding hydrogens is 318 g/mol. The lowest BCUT2D eigenvalue weighted by Crippen LogP contribution is -2.44. The number of rotatable bonds is 6. The van der Waals surface area contributed by atoms with Crippen LogP contribution in [0.3, 0.4) is 0 Å². The van der Waals surface area contributed by atoms with Crippen molar-refractivity contribution in [3.05, 3.63) is 59.9 Å². The van der Waals surface area contributed by atoms with Crippen LogP contribution in [0.1, 0.15) is 17.4 Å². The van der Waals surface area contributed by atoms with Gasteiger partial charge in [-0.25, -0.2) is 0 Å². The molecule has 6 heteroatoms. The molecule has 1 aromatic heterocycles. The molecule has 0 radical (unpaired) electrons. The van der Waals surface area contributed by atoms with E-state index in [0.717, 1.165) is 23.6 Å². The molecule has 3 rings (SSSR count). The molecule has 1 unspecified atom stereocenters. The second-order valence-electron chi connectivity index (χ2n) is 5.97. The van der Waals surface area contributed by atoms with Crippen LogP contribution in [0.2, 0.25) is 0 Å². The van der Waals surface area contributed by atoms with Crippen molar-refractivity contribution in [3.8, 4) is 5.75 Å². The highest BCUT2D eigenvalue weighted by Gasteiger charge is 2.23. The van der Waals surface area contributed by atoms with Gasteiger partial charge < -0.3 is 14.8 Å².